The van der Waals surface area contributed by atoms with E-state index < -0.39 is 11.7 Å². The van der Waals surface area contributed by atoms with Gasteiger partial charge in [-0.2, -0.15) is 18.4 Å². The first-order chi connectivity index (χ1) is 9.02. The summed E-state index contributed by atoms with van der Waals surface area (Å²) in [5.41, 5.74) is -0.261. The minimum absolute atomic E-state index is 0.123. The third kappa shape index (κ3) is 2.94. The lowest BCUT2D eigenvalue weighted by molar-refractivity contribution is -0.138. The Bertz CT molecular complexity index is 610. The molecule has 0 unspecified atom stereocenters. The topological polar surface area (TPSA) is 23.8 Å². The van der Waals surface area contributed by atoms with Crippen LogP contribution < -0.4 is 0 Å². The molecule has 2 aromatic rings. The third-order valence-corrected chi connectivity index (χ3v) is 2.79. The standard InChI is InChI=1S/C15H10F3N/c16-15(17,18)14-12(7-4-8-13(14)10-19)9-11-5-2-1-3-6-11/h1-8H,9H2. The van der Waals surface area contributed by atoms with Crippen molar-refractivity contribution in [3.05, 3.63) is 70.8 Å². The van der Waals surface area contributed by atoms with Gasteiger partial charge in [0.2, 0.25) is 0 Å². The van der Waals surface area contributed by atoms with Crippen LogP contribution in [0.5, 0.6) is 0 Å². The summed E-state index contributed by atoms with van der Waals surface area (Å²) in [6, 6.07) is 14.6. The van der Waals surface area contributed by atoms with E-state index in [1.54, 1.807) is 36.4 Å². The zero-order chi connectivity index (χ0) is 13.9. The lowest BCUT2D eigenvalue weighted by Gasteiger charge is -2.14. The largest absolute Gasteiger partial charge is 0.417 e. The molecule has 0 atom stereocenters. The molecule has 19 heavy (non-hydrogen) atoms. The van der Waals surface area contributed by atoms with Crippen molar-refractivity contribution >= 4 is 0 Å². The molecule has 96 valence electrons. The summed E-state index contributed by atoms with van der Waals surface area (Å²) in [5, 5.41) is 8.82. The first-order valence-electron chi connectivity index (χ1n) is 5.65. The average molecular weight is 261 g/mol. The van der Waals surface area contributed by atoms with Gasteiger partial charge in [-0.1, -0.05) is 42.5 Å². The first kappa shape index (κ1) is 13.2. The molecule has 4 heteroatoms. The number of rotatable bonds is 2. The monoisotopic (exact) mass is 261 g/mol. The van der Waals surface area contributed by atoms with Crippen LogP contribution in [0.2, 0.25) is 0 Å². The second-order valence-corrected chi connectivity index (χ2v) is 4.11. The number of hydrogen-bond acceptors (Lipinski definition) is 1. The zero-order valence-electron chi connectivity index (χ0n) is 9.91. The van der Waals surface area contributed by atoms with Crippen molar-refractivity contribution < 1.29 is 13.2 Å². The number of alkyl halides is 3. The van der Waals surface area contributed by atoms with Crippen molar-refractivity contribution in [3.8, 4) is 6.07 Å². The van der Waals surface area contributed by atoms with Gasteiger partial charge < -0.3 is 0 Å². The van der Waals surface area contributed by atoms with Gasteiger partial charge in [-0.15, -0.1) is 0 Å². The van der Waals surface area contributed by atoms with Crippen LogP contribution >= 0.6 is 0 Å². The van der Waals surface area contributed by atoms with Crippen LogP contribution in [-0.4, -0.2) is 0 Å². The number of hydrogen-bond donors (Lipinski definition) is 0. The minimum atomic E-state index is -4.52. The normalized spacial score (nSPS) is 11.1. The van der Waals surface area contributed by atoms with Gasteiger partial charge in [0.15, 0.2) is 0 Å². The van der Waals surface area contributed by atoms with Crippen molar-refractivity contribution in [2.45, 2.75) is 12.6 Å². The van der Waals surface area contributed by atoms with E-state index in [-0.39, 0.29) is 17.5 Å². The third-order valence-electron chi connectivity index (χ3n) is 2.79. The molecule has 0 N–H and O–H groups in total. The van der Waals surface area contributed by atoms with Gasteiger partial charge in [-0.25, -0.2) is 0 Å². The highest BCUT2D eigenvalue weighted by atomic mass is 19.4. The molecule has 0 aliphatic heterocycles. The Balaban J connectivity index is 2.50. The predicted molar refractivity (Wildman–Crippen MR) is 65.4 cm³/mol. The van der Waals surface area contributed by atoms with Crippen LogP contribution in [0.15, 0.2) is 48.5 Å². The Hall–Kier alpha value is -2.28. The summed E-state index contributed by atoms with van der Waals surface area (Å²) < 4.78 is 39.1. The highest BCUT2D eigenvalue weighted by Crippen LogP contribution is 2.35. The molecule has 0 bridgehead atoms. The Morgan fingerprint density at radius 3 is 2.21 bits per heavy atom. The summed E-state index contributed by atoms with van der Waals surface area (Å²) in [7, 11) is 0. The molecular weight excluding hydrogens is 251 g/mol. The van der Waals surface area contributed by atoms with Gasteiger partial charge in [0.25, 0.3) is 0 Å². The molecule has 2 aromatic carbocycles. The first-order valence-corrected chi connectivity index (χ1v) is 5.65. The van der Waals surface area contributed by atoms with Gasteiger partial charge in [-0.3, -0.25) is 0 Å². The van der Waals surface area contributed by atoms with Crippen LogP contribution in [0.1, 0.15) is 22.3 Å². The molecule has 1 nitrogen and oxygen atoms in total. The summed E-state index contributed by atoms with van der Waals surface area (Å²) in [4.78, 5) is 0. The lowest BCUT2D eigenvalue weighted by Crippen LogP contribution is -2.12. The van der Waals surface area contributed by atoms with Crippen molar-refractivity contribution in [3.63, 3.8) is 0 Å². The second kappa shape index (κ2) is 5.15. The fourth-order valence-corrected chi connectivity index (χ4v) is 1.99. The van der Waals surface area contributed by atoms with E-state index in [9.17, 15) is 13.2 Å². The van der Waals surface area contributed by atoms with E-state index in [0.717, 1.165) is 5.56 Å². The zero-order valence-corrected chi connectivity index (χ0v) is 9.91. The van der Waals surface area contributed by atoms with Gasteiger partial charge in [-0.05, 0) is 23.6 Å². The molecule has 0 aliphatic rings. The number of nitrogens with zero attached hydrogens (tertiary/aromatic N) is 1. The maximum Gasteiger partial charge on any atom is 0.417 e. The van der Waals surface area contributed by atoms with Crippen LogP contribution in [0, 0.1) is 11.3 Å². The Labute approximate surface area is 108 Å². The summed E-state index contributed by atoms with van der Waals surface area (Å²) in [5.74, 6) is 0. The molecule has 2 rings (SSSR count). The molecule has 0 aliphatic carbocycles. The van der Waals surface area contributed by atoms with Crippen molar-refractivity contribution in [1.29, 1.82) is 5.26 Å². The molecular formula is C15H10F3N. The molecule has 0 spiro atoms. The summed E-state index contributed by atoms with van der Waals surface area (Å²) in [6.07, 6.45) is -4.36. The van der Waals surface area contributed by atoms with Crippen LogP contribution in [0.3, 0.4) is 0 Å². The molecule has 0 saturated carbocycles. The van der Waals surface area contributed by atoms with Gasteiger partial charge in [0.1, 0.15) is 0 Å². The number of nitriles is 1. The van der Waals surface area contributed by atoms with Gasteiger partial charge in [0.05, 0.1) is 17.2 Å². The van der Waals surface area contributed by atoms with Crippen molar-refractivity contribution in [1.82, 2.24) is 0 Å². The van der Waals surface area contributed by atoms with E-state index in [0.29, 0.717) is 0 Å². The van der Waals surface area contributed by atoms with Crippen molar-refractivity contribution in [2.75, 3.05) is 0 Å². The molecule has 0 saturated heterocycles. The number of benzene rings is 2. The summed E-state index contributed by atoms with van der Waals surface area (Å²) >= 11 is 0. The second-order valence-electron chi connectivity index (χ2n) is 4.11. The highest BCUT2D eigenvalue weighted by Gasteiger charge is 2.36. The van der Waals surface area contributed by atoms with Crippen LogP contribution in [-0.2, 0) is 12.6 Å². The highest BCUT2D eigenvalue weighted by molar-refractivity contribution is 5.46. The smallest absolute Gasteiger partial charge is 0.192 e. The van der Waals surface area contributed by atoms with E-state index in [1.807, 2.05) is 0 Å². The van der Waals surface area contributed by atoms with Crippen molar-refractivity contribution in [2.24, 2.45) is 0 Å². The maximum absolute atomic E-state index is 13.0. The molecule has 0 amide bonds. The maximum atomic E-state index is 13.0. The average Bonchev–Trinajstić information content (AvgIpc) is 2.38. The van der Waals surface area contributed by atoms with Crippen LogP contribution in [0.4, 0.5) is 13.2 Å². The Morgan fingerprint density at radius 1 is 0.947 bits per heavy atom. The Morgan fingerprint density at radius 2 is 1.63 bits per heavy atom. The SMILES string of the molecule is N#Cc1cccc(Cc2ccccc2)c1C(F)(F)F. The quantitative estimate of drug-likeness (QED) is 0.796. The fraction of sp³-hybridized carbons (Fsp3) is 0.133. The van der Waals surface area contributed by atoms with Gasteiger partial charge in [0, 0.05) is 0 Å². The summed E-state index contributed by atoms with van der Waals surface area (Å²) in [6.45, 7) is 0. The van der Waals surface area contributed by atoms with Gasteiger partial charge >= 0.3 is 6.18 Å². The lowest BCUT2D eigenvalue weighted by atomic mass is 9.96. The van der Waals surface area contributed by atoms with Crippen LogP contribution in [0.25, 0.3) is 0 Å². The van der Waals surface area contributed by atoms with E-state index in [2.05, 4.69) is 0 Å². The Kier molecular flexibility index (Phi) is 3.57. The minimum Gasteiger partial charge on any atom is -0.192 e. The van der Waals surface area contributed by atoms with E-state index in [4.69, 9.17) is 5.26 Å². The molecule has 0 radical (unpaired) electrons. The predicted octanol–water partition coefficient (Wildman–Crippen LogP) is 4.17. The number of halogens is 3. The molecule has 0 heterocycles. The van der Waals surface area contributed by atoms with E-state index in [1.165, 1.54) is 18.2 Å². The fourth-order valence-electron chi connectivity index (χ4n) is 1.99. The molecule has 0 aromatic heterocycles. The van der Waals surface area contributed by atoms with E-state index >= 15 is 0 Å². The molecule has 0 fully saturated rings.